The molecule has 9 nitrogen and oxygen atoms in total. The molecule has 0 atom stereocenters. The van der Waals surface area contributed by atoms with Crippen molar-refractivity contribution in [2.24, 2.45) is 7.05 Å². The van der Waals surface area contributed by atoms with Gasteiger partial charge < -0.3 is 9.80 Å². The van der Waals surface area contributed by atoms with Crippen molar-refractivity contribution < 1.29 is 8.78 Å². The van der Waals surface area contributed by atoms with E-state index in [9.17, 15) is 4.39 Å². The van der Waals surface area contributed by atoms with E-state index in [0.717, 1.165) is 11.1 Å². The van der Waals surface area contributed by atoms with Crippen LogP contribution < -0.4 is 9.80 Å². The monoisotopic (exact) mass is 487 g/mol. The van der Waals surface area contributed by atoms with E-state index in [4.69, 9.17) is 0 Å². The molecule has 0 unspecified atom stereocenters. The average Bonchev–Trinajstić information content (AvgIpc) is 3.49. The molecule has 5 heterocycles. The number of anilines is 2. The summed E-state index contributed by atoms with van der Waals surface area (Å²) in [7, 11) is 1.80. The molecule has 5 aromatic rings. The Morgan fingerprint density at radius 2 is 1.53 bits per heavy atom. The van der Waals surface area contributed by atoms with Crippen molar-refractivity contribution in [3.8, 4) is 11.1 Å². The zero-order valence-corrected chi connectivity index (χ0v) is 19.6. The van der Waals surface area contributed by atoms with E-state index in [1.165, 1.54) is 23.0 Å². The fourth-order valence-electron chi connectivity index (χ4n) is 4.51. The second-order valence-corrected chi connectivity index (χ2v) is 8.80. The highest BCUT2D eigenvalue weighted by molar-refractivity contribution is 5.78. The van der Waals surface area contributed by atoms with Crippen molar-refractivity contribution in [1.82, 2.24) is 34.3 Å². The fourth-order valence-corrected chi connectivity index (χ4v) is 4.51. The van der Waals surface area contributed by atoms with Gasteiger partial charge in [-0.2, -0.15) is 10.2 Å². The number of benzene rings is 1. The Morgan fingerprint density at radius 3 is 2.22 bits per heavy atom. The SMILES string of the molecule is Cn1cc(-c2cn3ncnc(N4CCN(c5ncc(Cc6ccc(F)cc6)cn5)CC4)c3c2F)cn1. The molecular formula is C25H23F2N9. The van der Waals surface area contributed by atoms with Crippen molar-refractivity contribution in [3.05, 3.63) is 84.3 Å². The van der Waals surface area contributed by atoms with E-state index in [1.807, 2.05) is 12.4 Å². The van der Waals surface area contributed by atoms with Crippen LogP contribution in [0.1, 0.15) is 11.1 Å². The lowest BCUT2D eigenvalue weighted by Crippen LogP contribution is -2.47. The largest absolute Gasteiger partial charge is 0.351 e. The van der Waals surface area contributed by atoms with Gasteiger partial charge in [0.05, 0.1) is 6.20 Å². The molecule has 1 aliphatic heterocycles. The number of fused-ring (bicyclic) bond motifs is 1. The van der Waals surface area contributed by atoms with Crippen molar-refractivity contribution in [2.45, 2.75) is 6.42 Å². The summed E-state index contributed by atoms with van der Waals surface area (Å²) in [5.74, 6) is 0.605. The van der Waals surface area contributed by atoms with Gasteiger partial charge in [-0.3, -0.25) is 4.68 Å². The van der Waals surface area contributed by atoms with Crippen molar-refractivity contribution >= 4 is 17.3 Å². The highest BCUT2D eigenvalue weighted by Gasteiger charge is 2.25. The van der Waals surface area contributed by atoms with Gasteiger partial charge in [0.2, 0.25) is 5.95 Å². The summed E-state index contributed by atoms with van der Waals surface area (Å²) >= 11 is 0. The Kier molecular flexibility index (Phi) is 5.51. The lowest BCUT2D eigenvalue weighted by molar-refractivity contribution is 0.622. The molecule has 6 rings (SSSR count). The third kappa shape index (κ3) is 4.12. The Balaban J connectivity index is 1.16. The summed E-state index contributed by atoms with van der Waals surface area (Å²) in [4.78, 5) is 17.7. The van der Waals surface area contributed by atoms with Gasteiger partial charge in [0, 0.05) is 75.6 Å². The van der Waals surface area contributed by atoms with E-state index < -0.39 is 0 Å². The first kappa shape index (κ1) is 22.1. The number of hydrogen-bond donors (Lipinski definition) is 0. The summed E-state index contributed by atoms with van der Waals surface area (Å²) in [5, 5.41) is 8.36. The molecule has 36 heavy (non-hydrogen) atoms. The van der Waals surface area contributed by atoms with Gasteiger partial charge in [-0.05, 0) is 23.3 Å². The minimum absolute atomic E-state index is 0.249. The Labute approximate surface area is 205 Å². The van der Waals surface area contributed by atoms with Gasteiger partial charge in [0.1, 0.15) is 17.7 Å². The zero-order valence-electron chi connectivity index (χ0n) is 19.6. The van der Waals surface area contributed by atoms with Crippen LogP contribution in [0.15, 0.2) is 61.6 Å². The van der Waals surface area contributed by atoms with E-state index >= 15 is 4.39 Å². The summed E-state index contributed by atoms with van der Waals surface area (Å²) in [6, 6.07) is 6.43. The predicted octanol–water partition coefficient (Wildman–Crippen LogP) is 3.12. The molecule has 1 fully saturated rings. The van der Waals surface area contributed by atoms with Gasteiger partial charge in [-0.15, -0.1) is 0 Å². The Bertz CT molecular complexity index is 1500. The Hall–Kier alpha value is -4.41. The zero-order chi connectivity index (χ0) is 24.6. The summed E-state index contributed by atoms with van der Waals surface area (Å²) < 4.78 is 31.8. The van der Waals surface area contributed by atoms with Crippen LogP contribution in [0.5, 0.6) is 0 Å². The molecule has 0 radical (unpaired) electrons. The van der Waals surface area contributed by atoms with Gasteiger partial charge in [0.15, 0.2) is 11.6 Å². The Morgan fingerprint density at radius 1 is 0.806 bits per heavy atom. The highest BCUT2D eigenvalue weighted by Crippen LogP contribution is 2.31. The summed E-state index contributed by atoms with van der Waals surface area (Å²) in [6.07, 6.45) is 10.8. The van der Waals surface area contributed by atoms with Crippen molar-refractivity contribution in [2.75, 3.05) is 36.0 Å². The minimum Gasteiger partial charge on any atom is -0.351 e. The molecule has 0 aliphatic carbocycles. The van der Waals surface area contributed by atoms with E-state index in [-0.39, 0.29) is 11.6 Å². The lowest BCUT2D eigenvalue weighted by atomic mass is 10.1. The molecular weight excluding hydrogens is 464 g/mol. The minimum atomic E-state index is -0.360. The molecule has 11 heteroatoms. The third-order valence-corrected chi connectivity index (χ3v) is 6.38. The van der Waals surface area contributed by atoms with Crippen LogP contribution in [0.2, 0.25) is 0 Å². The quantitative estimate of drug-likeness (QED) is 0.377. The topological polar surface area (TPSA) is 80.3 Å². The normalized spacial score (nSPS) is 14.1. The first-order valence-corrected chi connectivity index (χ1v) is 11.6. The van der Waals surface area contributed by atoms with E-state index in [0.29, 0.717) is 61.0 Å². The third-order valence-electron chi connectivity index (χ3n) is 6.38. The van der Waals surface area contributed by atoms with E-state index in [1.54, 1.807) is 42.5 Å². The number of rotatable bonds is 5. The predicted molar refractivity (Wildman–Crippen MR) is 131 cm³/mol. The number of aryl methyl sites for hydroxylation is 1. The highest BCUT2D eigenvalue weighted by atomic mass is 19.1. The van der Waals surface area contributed by atoms with Crippen LogP contribution in [-0.2, 0) is 13.5 Å². The lowest BCUT2D eigenvalue weighted by Gasteiger charge is -2.35. The summed E-state index contributed by atoms with van der Waals surface area (Å²) in [6.45, 7) is 2.62. The second-order valence-electron chi connectivity index (χ2n) is 8.80. The first-order valence-electron chi connectivity index (χ1n) is 11.6. The molecule has 0 spiro atoms. The molecule has 4 aromatic heterocycles. The van der Waals surface area contributed by atoms with Crippen molar-refractivity contribution in [1.29, 1.82) is 0 Å². The number of nitrogens with zero attached hydrogens (tertiary/aromatic N) is 9. The maximum Gasteiger partial charge on any atom is 0.225 e. The van der Waals surface area contributed by atoms with Gasteiger partial charge in [0.25, 0.3) is 0 Å². The molecule has 0 N–H and O–H groups in total. The van der Waals surface area contributed by atoms with E-state index in [2.05, 4.69) is 34.9 Å². The molecule has 1 saturated heterocycles. The van der Waals surface area contributed by atoms with Gasteiger partial charge in [-0.1, -0.05) is 12.1 Å². The number of halogens is 2. The number of aromatic nitrogens is 7. The maximum atomic E-state index is 15.5. The average molecular weight is 488 g/mol. The maximum absolute atomic E-state index is 15.5. The van der Waals surface area contributed by atoms with Crippen LogP contribution in [0, 0.1) is 11.6 Å². The van der Waals surface area contributed by atoms with Crippen LogP contribution in [0.25, 0.3) is 16.6 Å². The number of piperazine rings is 1. The molecule has 0 amide bonds. The molecule has 1 aliphatic rings. The fraction of sp³-hybridized carbons (Fsp3) is 0.240. The second kappa shape index (κ2) is 8.99. The van der Waals surface area contributed by atoms with Crippen LogP contribution in [0.3, 0.4) is 0 Å². The van der Waals surface area contributed by atoms with Crippen LogP contribution in [-0.4, -0.2) is 60.5 Å². The molecule has 182 valence electrons. The standard InChI is InChI=1S/C25H23F2N9/c1-33-14-19(13-31-33)21-15-36-23(22(21)27)24(30-16-32-36)34-6-8-35(9-7-34)25-28-11-18(12-29-25)10-17-2-4-20(26)5-3-17/h2-5,11-16H,6-10H2,1H3. The van der Waals surface area contributed by atoms with Gasteiger partial charge >= 0.3 is 0 Å². The smallest absolute Gasteiger partial charge is 0.225 e. The van der Waals surface area contributed by atoms with Gasteiger partial charge in [-0.25, -0.2) is 28.2 Å². The molecule has 1 aromatic carbocycles. The van der Waals surface area contributed by atoms with Crippen molar-refractivity contribution in [3.63, 3.8) is 0 Å². The molecule has 0 saturated carbocycles. The number of hydrogen-bond acceptors (Lipinski definition) is 7. The molecule has 0 bridgehead atoms. The first-order chi connectivity index (χ1) is 17.5. The van der Waals surface area contributed by atoms with Crippen LogP contribution >= 0.6 is 0 Å². The summed E-state index contributed by atoms with van der Waals surface area (Å²) in [5.41, 5.74) is 3.45. The van der Waals surface area contributed by atoms with Crippen LogP contribution in [0.4, 0.5) is 20.5 Å².